The molecule has 6 aromatic rings. The van der Waals surface area contributed by atoms with Gasteiger partial charge in [-0.15, -0.1) is 0 Å². The average Bonchev–Trinajstić information content (AvgIpc) is 3.64. The Kier molecular flexibility index (Phi) is 6.63. The number of aryl methyl sites for hydroxylation is 1. The van der Waals surface area contributed by atoms with E-state index in [2.05, 4.69) is 116 Å². The number of hydrogen-bond acceptors (Lipinski definition) is 0. The lowest BCUT2D eigenvalue weighted by Gasteiger charge is -2.22. The maximum absolute atomic E-state index is 17.9. The van der Waals surface area contributed by atoms with Crippen molar-refractivity contribution in [2.45, 2.75) is 32.6 Å². The number of nitrogens with zero attached hydrogens (tertiary/aromatic N) is 2. The highest BCUT2D eigenvalue weighted by molar-refractivity contribution is 6.47. The van der Waals surface area contributed by atoms with E-state index < -0.39 is 7.26 Å². The van der Waals surface area contributed by atoms with Crippen LogP contribution in [0.15, 0.2) is 133 Å². The summed E-state index contributed by atoms with van der Waals surface area (Å²) in [6, 6.07) is 46.4. The summed E-state index contributed by atoms with van der Waals surface area (Å²) in [7, 11) is -1.43. The molecule has 0 bridgehead atoms. The molecule has 0 saturated carbocycles. The van der Waals surface area contributed by atoms with Crippen molar-refractivity contribution in [1.29, 1.82) is 0 Å². The fourth-order valence-corrected chi connectivity index (χ4v) is 7.23. The number of aromatic nitrogens is 1. The van der Waals surface area contributed by atoms with Gasteiger partial charge in [-0.25, -0.2) is 8.80 Å². The first-order valence-corrected chi connectivity index (χ1v) is 15.7. The molecule has 0 aliphatic carbocycles. The molecule has 2 aliphatic heterocycles. The smallest absolute Gasteiger partial charge is 0.285 e. The zero-order valence-electron chi connectivity index (χ0n) is 24.9. The van der Waals surface area contributed by atoms with E-state index in [0.717, 1.165) is 92.6 Å². The van der Waals surface area contributed by atoms with Crippen molar-refractivity contribution < 1.29 is 8.80 Å². The van der Waals surface area contributed by atoms with Crippen LogP contribution in [0.2, 0.25) is 0 Å². The maximum Gasteiger partial charge on any atom is 0.847 e. The van der Waals surface area contributed by atoms with E-state index in [4.69, 9.17) is 0 Å². The molecule has 0 amide bonds. The lowest BCUT2D eigenvalue weighted by Crippen LogP contribution is -2.40. The zero-order valence-corrected chi connectivity index (χ0v) is 24.9. The molecule has 5 aromatic carbocycles. The van der Waals surface area contributed by atoms with Crippen LogP contribution < -0.4 is 0 Å². The van der Waals surface area contributed by atoms with Crippen LogP contribution in [0, 0.1) is 0 Å². The molecule has 0 saturated heterocycles. The first-order valence-electron chi connectivity index (χ1n) is 15.7. The Labute approximate surface area is 258 Å². The van der Waals surface area contributed by atoms with Gasteiger partial charge in [0.15, 0.2) is 0 Å². The Morgan fingerprint density at radius 1 is 0.682 bits per heavy atom. The van der Waals surface area contributed by atoms with Gasteiger partial charge in [0.1, 0.15) is 0 Å². The van der Waals surface area contributed by atoms with E-state index in [1.165, 1.54) is 5.56 Å². The fraction of sp³-hybridized carbons (Fsp3) is 0.125. The Morgan fingerprint density at radius 3 is 2.02 bits per heavy atom. The number of benzene rings is 5. The normalized spacial score (nSPS) is 13.8. The molecule has 4 heteroatoms. The molecular weight excluding hydrogens is 538 g/mol. The molecule has 0 radical (unpaired) electrons. The molecule has 0 fully saturated rings. The van der Waals surface area contributed by atoms with Crippen LogP contribution in [0.4, 0.5) is 4.32 Å². The number of rotatable bonds is 7. The molecule has 0 spiro atoms. The van der Waals surface area contributed by atoms with Gasteiger partial charge in [-0.1, -0.05) is 129 Å². The van der Waals surface area contributed by atoms with Crippen molar-refractivity contribution in [3.05, 3.63) is 167 Å². The van der Waals surface area contributed by atoms with Crippen LogP contribution in [0.3, 0.4) is 0 Å². The largest absolute Gasteiger partial charge is 0.847 e. The van der Waals surface area contributed by atoms with Gasteiger partial charge in [0.05, 0.1) is 22.4 Å². The van der Waals surface area contributed by atoms with Gasteiger partial charge in [0.25, 0.3) is 0 Å². The van der Waals surface area contributed by atoms with Crippen molar-refractivity contribution in [3.63, 3.8) is 0 Å². The third kappa shape index (κ3) is 4.12. The van der Waals surface area contributed by atoms with Crippen molar-refractivity contribution in [1.82, 2.24) is 4.48 Å². The van der Waals surface area contributed by atoms with Crippen molar-refractivity contribution in [2.75, 3.05) is 0 Å². The molecule has 1 aromatic heterocycles. The van der Waals surface area contributed by atoms with Gasteiger partial charge in [-0.3, -0.25) is 4.48 Å². The highest BCUT2D eigenvalue weighted by atomic mass is 19.1. The standard InChI is InChI=1S/C40H33BFN2/c1-2-3-7-23-32-27-35-36(29-17-8-4-9-18-29)40-34-26-25-28-16-14-15-24-33(28)37(34)39(31-21-12-6-13-22-31)44(40)41(42)43(35)38(32)30-19-10-5-11-20-30/h4-6,8-22,24-27H,2-3,7,23H2,1H3/q+1. The second-order valence-electron chi connectivity index (χ2n) is 11.8. The summed E-state index contributed by atoms with van der Waals surface area (Å²) >= 11 is 0. The second kappa shape index (κ2) is 11.0. The minimum absolute atomic E-state index is 0.915. The van der Waals surface area contributed by atoms with Gasteiger partial charge in [-0.2, -0.15) is 0 Å². The van der Waals surface area contributed by atoms with Crippen LogP contribution in [0.25, 0.3) is 33.3 Å². The molecule has 0 N–H and O–H groups in total. The number of hydrogen-bond donors (Lipinski definition) is 0. The Balaban J connectivity index is 1.53. The maximum atomic E-state index is 17.9. The molecule has 2 aliphatic rings. The zero-order chi connectivity index (χ0) is 29.6. The summed E-state index contributed by atoms with van der Waals surface area (Å²) < 4.78 is 21.9. The molecule has 2 nitrogen and oxygen atoms in total. The fourth-order valence-electron chi connectivity index (χ4n) is 7.23. The topological polar surface area (TPSA) is 7.94 Å². The first kappa shape index (κ1) is 26.7. The predicted molar refractivity (Wildman–Crippen MR) is 182 cm³/mol. The molecule has 212 valence electrons. The summed E-state index contributed by atoms with van der Waals surface area (Å²) in [5.74, 6) is 0. The average molecular weight is 572 g/mol. The third-order valence-corrected chi connectivity index (χ3v) is 9.14. The van der Waals surface area contributed by atoms with Gasteiger partial charge in [-0.05, 0) is 64.6 Å². The first-order chi connectivity index (χ1) is 21.8. The molecular formula is C40H33BFN2+. The summed E-state index contributed by atoms with van der Waals surface area (Å²) in [4.78, 5) is 0. The highest BCUT2D eigenvalue weighted by Gasteiger charge is 2.55. The van der Waals surface area contributed by atoms with Gasteiger partial charge >= 0.3 is 7.26 Å². The number of halogens is 1. The van der Waals surface area contributed by atoms with Crippen LogP contribution in [0.5, 0.6) is 0 Å². The lowest BCUT2D eigenvalue weighted by molar-refractivity contribution is -0.288. The Bertz CT molecular complexity index is 2070. The van der Waals surface area contributed by atoms with E-state index in [-0.39, 0.29) is 0 Å². The minimum Gasteiger partial charge on any atom is -0.285 e. The highest BCUT2D eigenvalue weighted by Crippen LogP contribution is 2.47. The summed E-state index contributed by atoms with van der Waals surface area (Å²) in [6.45, 7) is 2.23. The van der Waals surface area contributed by atoms with Crippen LogP contribution >= 0.6 is 0 Å². The molecule has 0 atom stereocenters. The van der Waals surface area contributed by atoms with Crippen molar-refractivity contribution in [3.8, 4) is 11.3 Å². The van der Waals surface area contributed by atoms with Crippen molar-refractivity contribution in [2.24, 2.45) is 0 Å². The second-order valence-corrected chi connectivity index (χ2v) is 11.8. The SMILES string of the molecule is CCCCCc1cc2n(c1-c1ccccc1)B(F)[N+]1=C(c3ccccc3)c3c(ccc4ccccc34)C1=C2c1ccccc1. The van der Waals surface area contributed by atoms with Crippen LogP contribution in [-0.2, 0) is 6.42 Å². The predicted octanol–water partition coefficient (Wildman–Crippen LogP) is 9.64. The molecule has 0 unspecified atom stereocenters. The third-order valence-electron chi connectivity index (χ3n) is 9.14. The summed E-state index contributed by atoms with van der Waals surface area (Å²) in [5, 5.41) is 2.29. The molecule has 3 heterocycles. The van der Waals surface area contributed by atoms with E-state index >= 15 is 4.32 Å². The van der Waals surface area contributed by atoms with Crippen LogP contribution in [0.1, 0.15) is 59.7 Å². The van der Waals surface area contributed by atoms with Gasteiger partial charge in [0, 0.05) is 11.3 Å². The summed E-state index contributed by atoms with van der Waals surface area (Å²) in [6.07, 6.45) is 4.29. The van der Waals surface area contributed by atoms with Gasteiger partial charge < -0.3 is 0 Å². The van der Waals surface area contributed by atoms with Gasteiger partial charge in [0.2, 0.25) is 11.4 Å². The number of unbranched alkanes of at least 4 members (excludes halogenated alkanes) is 2. The number of fused-ring (bicyclic) bond motifs is 6. The molecule has 44 heavy (non-hydrogen) atoms. The van der Waals surface area contributed by atoms with Crippen molar-refractivity contribution >= 4 is 35.0 Å². The van der Waals surface area contributed by atoms with Crippen LogP contribution in [-0.4, -0.2) is 21.9 Å². The molecule has 8 rings (SSSR count). The Hall–Kier alpha value is -4.96. The van der Waals surface area contributed by atoms with E-state index in [1.54, 1.807) is 0 Å². The summed E-state index contributed by atoms with van der Waals surface area (Å²) in [5.41, 5.74) is 11.4. The van der Waals surface area contributed by atoms with E-state index in [9.17, 15) is 0 Å². The monoisotopic (exact) mass is 571 g/mol. The Morgan fingerprint density at radius 2 is 1.32 bits per heavy atom. The van der Waals surface area contributed by atoms with E-state index in [1.807, 2.05) is 33.2 Å². The van der Waals surface area contributed by atoms with E-state index in [0.29, 0.717) is 0 Å². The lowest BCUT2D eigenvalue weighted by atomic mass is 9.87. The minimum atomic E-state index is -1.43. The quantitative estimate of drug-likeness (QED) is 0.133.